The summed E-state index contributed by atoms with van der Waals surface area (Å²) in [5, 5.41) is 8.25. The molecule has 0 saturated carbocycles. The Morgan fingerprint density at radius 3 is 2.75 bits per heavy atom. The second-order valence-corrected chi connectivity index (χ2v) is 2.11. The second kappa shape index (κ2) is 3.56. The molecule has 1 rings (SSSR count). The zero-order valence-electron chi connectivity index (χ0n) is 6.10. The summed E-state index contributed by atoms with van der Waals surface area (Å²) in [5.41, 5.74) is 0.414. The van der Waals surface area contributed by atoms with Crippen molar-refractivity contribution in [3.05, 3.63) is 24.3 Å². The fourth-order valence-corrected chi connectivity index (χ4v) is 0.663. The number of carbonyl (C=O) groups excluding carboxylic acids is 1. The lowest BCUT2D eigenvalue weighted by atomic mass is 10.2. The number of carboxylic acid groups (broad SMARTS) is 1. The number of hydrogen-bond donors (Lipinski definition) is 1. The standard InChI is InChI=1S/C7H6N2O3/c10-6(7(11)12)3-5-1-2-8-4-9-5/h1-2,4H,3H2,(H,11,12). The van der Waals surface area contributed by atoms with Gasteiger partial charge < -0.3 is 5.11 Å². The molecule has 0 spiro atoms. The highest BCUT2D eigenvalue weighted by Crippen LogP contribution is 1.93. The zero-order valence-corrected chi connectivity index (χ0v) is 6.10. The maximum Gasteiger partial charge on any atom is 0.372 e. The van der Waals surface area contributed by atoms with Crippen LogP contribution in [0.5, 0.6) is 0 Å². The van der Waals surface area contributed by atoms with Crippen LogP contribution in [0.2, 0.25) is 0 Å². The largest absolute Gasteiger partial charge is 0.475 e. The lowest BCUT2D eigenvalue weighted by Gasteiger charge is -1.93. The molecule has 0 saturated heterocycles. The van der Waals surface area contributed by atoms with E-state index in [1.807, 2.05) is 0 Å². The van der Waals surface area contributed by atoms with Crippen molar-refractivity contribution in [1.82, 2.24) is 9.97 Å². The van der Waals surface area contributed by atoms with Crippen LogP contribution in [0.15, 0.2) is 18.6 Å². The molecule has 0 amide bonds. The summed E-state index contributed by atoms with van der Waals surface area (Å²) in [7, 11) is 0. The molecule has 0 aliphatic rings. The normalized spacial score (nSPS) is 9.33. The van der Waals surface area contributed by atoms with E-state index in [9.17, 15) is 9.59 Å². The molecule has 5 heteroatoms. The highest BCUT2D eigenvalue weighted by atomic mass is 16.4. The lowest BCUT2D eigenvalue weighted by Crippen LogP contribution is -2.15. The Kier molecular flexibility index (Phi) is 2.47. The molecular weight excluding hydrogens is 160 g/mol. The quantitative estimate of drug-likeness (QED) is 0.622. The van der Waals surface area contributed by atoms with Gasteiger partial charge in [-0.1, -0.05) is 0 Å². The van der Waals surface area contributed by atoms with Gasteiger partial charge in [-0.05, 0) is 6.07 Å². The molecule has 0 atom stereocenters. The molecule has 0 aromatic carbocycles. The van der Waals surface area contributed by atoms with Gasteiger partial charge >= 0.3 is 5.97 Å². The molecule has 62 valence electrons. The molecule has 12 heavy (non-hydrogen) atoms. The zero-order chi connectivity index (χ0) is 8.97. The van der Waals surface area contributed by atoms with Gasteiger partial charge in [-0.2, -0.15) is 0 Å². The predicted molar refractivity (Wildman–Crippen MR) is 38.4 cm³/mol. The van der Waals surface area contributed by atoms with E-state index < -0.39 is 11.8 Å². The van der Waals surface area contributed by atoms with Crippen molar-refractivity contribution in [3.63, 3.8) is 0 Å². The summed E-state index contributed by atoms with van der Waals surface area (Å²) in [5.74, 6) is -2.30. The van der Waals surface area contributed by atoms with Gasteiger partial charge in [-0.25, -0.2) is 14.8 Å². The van der Waals surface area contributed by atoms with Crippen molar-refractivity contribution in [2.24, 2.45) is 0 Å². The number of Topliss-reactive ketones (excluding diaryl/α,β-unsaturated/α-hetero) is 1. The van der Waals surface area contributed by atoms with E-state index >= 15 is 0 Å². The van der Waals surface area contributed by atoms with Gasteiger partial charge in [-0.3, -0.25) is 4.79 Å². The summed E-state index contributed by atoms with van der Waals surface area (Å²) in [6, 6.07) is 1.50. The highest BCUT2D eigenvalue weighted by Gasteiger charge is 2.11. The molecule has 1 N–H and O–H groups in total. The molecule has 0 unspecified atom stereocenters. The molecule has 1 aromatic rings. The van der Waals surface area contributed by atoms with E-state index in [1.54, 1.807) is 0 Å². The summed E-state index contributed by atoms with van der Waals surface area (Å²) >= 11 is 0. The number of aliphatic carboxylic acids is 1. The molecule has 1 heterocycles. The second-order valence-electron chi connectivity index (χ2n) is 2.11. The van der Waals surface area contributed by atoms with Crippen LogP contribution in [0.1, 0.15) is 5.69 Å². The number of ketones is 1. The summed E-state index contributed by atoms with van der Waals surface area (Å²) < 4.78 is 0. The summed E-state index contributed by atoms with van der Waals surface area (Å²) in [6.45, 7) is 0. The highest BCUT2D eigenvalue weighted by molar-refractivity contribution is 6.33. The van der Waals surface area contributed by atoms with Crippen molar-refractivity contribution in [3.8, 4) is 0 Å². The number of nitrogens with zero attached hydrogens (tertiary/aromatic N) is 2. The Labute approximate surface area is 68.1 Å². The fraction of sp³-hybridized carbons (Fsp3) is 0.143. The van der Waals surface area contributed by atoms with E-state index in [0.29, 0.717) is 5.69 Å². The third-order valence-electron chi connectivity index (χ3n) is 1.22. The molecule has 0 aliphatic heterocycles. The van der Waals surface area contributed by atoms with Crippen molar-refractivity contribution in [1.29, 1.82) is 0 Å². The van der Waals surface area contributed by atoms with Crippen LogP contribution < -0.4 is 0 Å². The molecule has 0 fully saturated rings. The average molecular weight is 166 g/mol. The third-order valence-corrected chi connectivity index (χ3v) is 1.22. The Hall–Kier alpha value is -1.78. The Morgan fingerprint density at radius 1 is 1.50 bits per heavy atom. The SMILES string of the molecule is O=C(O)C(=O)Cc1ccncn1. The van der Waals surface area contributed by atoms with E-state index in [-0.39, 0.29) is 6.42 Å². The van der Waals surface area contributed by atoms with Gasteiger partial charge in [0, 0.05) is 6.20 Å². The van der Waals surface area contributed by atoms with Crippen molar-refractivity contribution in [2.45, 2.75) is 6.42 Å². The first-order valence-corrected chi connectivity index (χ1v) is 3.21. The van der Waals surface area contributed by atoms with Crippen molar-refractivity contribution < 1.29 is 14.7 Å². The summed E-state index contributed by atoms with van der Waals surface area (Å²) in [4.78, 5) is 28.1. The Balaban J connectivity index is 2.65. The molecule has 1 aromatic heterocycles. The number of hydrogen-bond acceptors (Lipinski definition) is 4. The van der Waals surface area contributed by atoms with E-state index in [4.69, 9.17) is 5.11 Å². The number of aromatic nitrogens is 2. The number of rotatable bonds is 3. The monoisotopic (exact) mass is 166 g/mol. The Bertz CT molecular complexity index is 297. The van der Waals surface area contributed by atoms with Gasteiger partial charge in [-0.15, -0.1) is 0 Å². The minimum Gasteiger partial charge on any atom is -0.475 e. The maximum atomic E-state index is 10.7. The van der Waals surface area contributed by atoms with Gasteiger partial charge in [0.2, 0.25) is 5.78 Å². The van der Waals surface area contributed by atoms with Crippen molar-refractivity contribution in [2.75, 3.05) is 0 Å². The van der Waals surface area contributed by atoms with Crippen LogP contribution in [-0.2, 0) is 16.0 Å². The molecule has 0 radical (unpaired) electrons. The molecule has 0 aliphatic carbocycles. The van der Waals surface area contributed by atoms with Crippen LogP contribution in [0.3, 0.4) is 0 Å². The number of carbonyl (C=O) groups is 2. The fourth-order valence-electron chi connectivity index (χ4n) is 0.663. The van der Waals surface area contributed by atoms with Crippen LogP contribution in [0.4, 0.5) is 0 Å². The van der Waals surface area contributed by atoms with Gasteiger partial charge in [0.05, 0.1) is 12.1 Å². The maximum absolute atomic E-state index is 10.7. The topological polar surface area (TPSA) is 80.1 Å². The Morgan fingerprint density at radius 2 is 2.25 bits per heavy atom. The molecule has 5 nitrogen and oxygen atoms in total. The van der Waals surface area contributed by atoms with Gasteiger partial charge in [0.15, 0.2) is 0 Å². The van der Waals surface area contributed by atoms with E-state index in [2.05, 4.69) is 9.97 Å². The molecular formula is C7H6N2O3. The van der Waals surface area contributed by atoms with Crippen molar-refractivity contribution >= 4 is 11.8 Å². The van der Waals surface area contributed by atoms with Crippen LogP contribution in [-0.4, -0.2) is 26.8 Å². The van der Waals surface area contributed by atoms with Crippen LogP contribution in [0, 0.1) is 0 Å². The minimum atomic E-state index is -1.44. The first-order valence-electron chi connectivity index (χ1n) is 3.21. The average Bonchev–Trinajstić information content (AvgIpc) is 2.06. The first-order chi connectivity index (χ1) is 5.70. The van der Waals surface area contributed by atoms with Crippen LogP contribution >= 0.6 is 0 Å². The lowest BCUT2D eigenvalue weighted by molar-refractivity contribution is -0.148. The van der Waals surface area contributed by atoms with Crippen LogP contribution in [0.25, 0.3) is 0 Å². The summed E-state index contributed by atoms with van der Waals surface area (Å²) in [6.07, 6.45) is 2.54. The van der Waals surface area contributed by atoms with E-state index in [1.165, 1.54) is 18.6 Å². The smallest absolute Gasteiger partial charge is 0.372 e. The minimum absolute atomic E-state index is 0.183. The van der Waals surface area contributed by atoms with Gasteiger partial charge in [0.25, 0.3) is 0 Å². The van der Waals surface area contributed by atoms with E-state index in [0.717, 1.165) is 0 Å². The first kappa shape index (κ1) is 8.32. The van der Waals surface area contributed by atoms with Gasteiger partial charge in [0.1, 0.15) is 6.33 Å². The molecule has 0 bridgehead atoms. The number of carboxylic acids is 1. The third kappa shape index (κ3) is 2.12. The predicted octanol–water partition coefficient (Wildman–Crippen LogP) is -0.327.